The molecule has 3 nitrogen and oxygen atoms in total. The summed E-state index contributed by atoms with van der Waals surface area (Å²) in [5.74, 6) is 1.29. The minimum absolute atomic E-state index is 0.0640. The highest BCUT2D eigenvalue weighted by atomic mass is 32.2. The molecular formula is C18H27N2OS+. The van der Waals surface area contributed by atoms with Gasteiger partial charge in [0.2, 0.25) is 0 Å². The number of nitrogens with two attached hydrogens (primary N) is 1. The van der Waals surface area contributed by atoms with E-state index in [9.17, 15) is 4.79 Å². The highest BCUT2D eigenvalue weighted by molar-refractivity contribution is 8.00. The number of hydrogen-bond donors (Lipinski definition) is 1. The summed E-state index contributed by atoms with van der Waals surface area (Å²) in [6.45, 7) is 9.78. The molecule has 2 saturated heterocycles. The third kappa shape index (κ3) is 2.91. The Morgan fingerprint density at radius 3 is 2.41 bits per heavy atom. The fourth-order valence-corrected chi connectivity index (χ4v) is 5.01. The molecule has 0 unspecified atom stereocenters. The summed E-state index contributed by atoms with van der Waals surface area (Å²) in [5, 5.41) is 2.37. The van der Waals surface area contributed by atoms with Crippen molar-refractivity contribution in [2.45, 2.75) is 43.9 Å². The van der Waals surface area contributed by atoms with Crippen molar-refractivity contribution >= 4 is 17.7 Å². The van der Waals surface area contributed by atoms with Gasteiger partial charge in [-0.05, 0) is 23.1 Å². The van der Waals surface area contributed by atoms with Crippen LogP contribution in [-0.4, -0.2) is 41.1 Å². The number of quaternary nitrogens is 1. The SMILES string of the molecule is CC(C)(C)c1ccc(C(=O)N2CCSC23CC[NH2+]CC3)cc1. The first-order valence-electron chi connectivity index (χ1n) is 8.31. The molecule has 0 aliphatic carbocycles. The molecule has 0 radical (unpaired) electrons. The van der Waals surface area contributed by atoms with Crippen LogP contribution in [0.1, 0.15) is 49.5 Å². The topological polar surface area (TPSA) is 36.9 Å². The molecule has 4 heteroatoms. The maximum Gasteiger partial charge on any atom is 0.255 e. The molecule has 120 valence electrons. The van der Waals surface area contributed by atoms with E-state index in [-0.39, 0.29) is 16.2 Å². The van der Waals surface area contributed by atoms with Crippen molar-refractivity contribution in [3.63, 3.8) is 0 Å². The van der Waals surface area contributed by atoms with Crippen molar-refractivity contribution in [1.29, 1.82) is 0 Å². The van der Waals surface area contributed by atoms with E-state index >= 15 is 0 Å². The average molecular weight is 319 g/mol. The predicted octanol–water partition coefficient (Wildman–Crippen LogP) is 2.23. The maximum atomic E-state index is 13.0. The molecule has 0 atom stereocenters. The second-order valence-corrected chi connectivity index (χ2v) is 8.90. The van der Waals surface area contributed by atoms with Gasteiger partial charge < -0.3 is 10.2 Å². The number of carbonyl (C=O) groups excluding carboxylic acids is 1. The Morgan fingerprint density at radius 1 is 1.18 bits per heavy atom. The molecule has 2 aliphatic heterocycles. The third-order valence-corrected chi connectivity index (χ3v) is 6.45. The Hall–Kier alpha value is -1.00. The number of carbonyl (C=O) groups is 1. The van der Waals surface area contributed by atoms with Gasteiger partial charge in [-0.15, -0.1) is 11.8 Å². The summed E-state index contributed by atoms with van der Waals surface area (Å²) < 4.78 is 0. The summed E-state index contributed by atoms with van der Waals surface area (Å²) in [7, 11) is 0. The van der Waals surface area contributed by atoms with Crippen LogP contribution >= 0.6 is 11.8 Å². The molecule has 0 bridgehead atoms. The third-order valence-electron chi connectivity index (χ3n) is 4.90. The Balaban J connectivity index is 1.81. The molecule has 2 aliphatic rings. The average Bonchev–Trinajstić information content (AvgIpc) is 2.89. The lowest BCUT2D eigenvalue weighted by molar-refractivity contribution is -0.664. The maximum absolute atomic E-state index is 13.0. The number of hydrogen-bond acceptors (Lipinski definition) is 2. The van der Waals surface area contributed by atoms with E-state index in [0.717, 1.165) is 43.8 Å². The first-order chi connectivity index (χ1) is 10.4. The summed E-state index contributed by atoms with van der Waals surface area (Å²) in [5.41, 5.74) is 2.25. The summed E-state index contributed by atoms with van der Waals surface area (Å²) >= 11 is 1.99. The number of piperidine rings is 1. The number of rotatable bonds is 1. The Morgan fingerprint density at radius 2 is 1.82 bits per heavy atom. The quantitative estimate of drug-likeness (QED) is 0.862. The summed E-state index contributed by atoms with van der Waals surface area (Å²) in [4.78, 5) is 15.2. The van der Waals surface area contributed by atoms with E-state index in [1.807, 2.05) is 23.9 Å². The number of amides is 1. The Kier molecular flexibility index (Phi) is 4.25. The van der Waals surface area contributed by atoms with E-state index in [0.29, 0.717) is 0 Å². The van der Waals surface area contributed by atoms with Crippen molar-refractivity contribution in [2.24, 2.45) is 0 Å². The molecule has 0 aromatic heterocycles. The minimum Gasteiger partial charge on any atom is -0.346 e. The zero-order valence-electron chi connectivity index (χ0n) is 13.9. The van der Waals surface area contributed by atoms with Gasteiger partial charge in [-0.25, -0.2) is 0 Å². The summed E-state index contributed by atoms with van der Waals surface area (Å²) in [6.07, 6.45) is 2.23. The number of benzene rings is 1. The molecule has 22 heavy (non-hydrogen) atoms. The van der Waals surface area contributed by atoms with Crippen LogP contribution < -0.4 is 5.32 Å². The Bertz CT molecular complexity index is 541. The van der Waals surface area contributed by atoms with Crippen LogP contribution in [0.5, 0.6) is 0 Å². The van der Waals surface area contributed by atoms with Gasteiger partial charge >= 0.3 is 0 Å². The highest BCUT2D eigenvalue weighted by Crippen LogP contribution is 2.42. The predicted molar refractivity (Wildman–Crippen MR) is 92.3 cm³/mol. The molecule has 0 saturated carbocycles. The second kappa shape index (κ2) is 5.89. The van der Waals surface area contributed by atoms with E-state index in [4.69, 9.17) is 0 Å². The van der Waals surface area contributed by atoms with E-state index in [2.05, 4.69) is 43.1 Å². The largest absolute Gasteiger partial charge is 0.346 e. The lowest BCUT2D eigenvalue weighted by Gasteiger charge is -2.39. The standard InChI is InChI=1S/C18H26N2OS/c1-17(2,3)15-6-4-14(5-7-15)16(21)20-12-13-22-18(20)8-10-19-11-9-18/h4-7,19H,8-13H2,1-3H3/p+1. The molecule has 2 fully saturated rings. The lowest BCUT2D eigenvalue weighted by atomic mass is 9.86. The molecular weight excluding hydrogens is 292 g/mol. The lowest BCUT2D eigenvalue weighted by Crippen LogP contribution is -2.88. The van der Waals surface area contributed by atoms with Crippen LogP contribution in [-0.2, 0) is 5.41 Å². The highest BCUT2D eigenvalue weighted by Gasteiger charge is 2.46. The van der Waals surface area contributed by atoms with Crippen LogP contribution in [0.15, 0.2) is 24.3 Å². The van der Waals surface area contributed by atoms with Crippen LogP contribution in [0.25, 0.3) is 0 Å². The second-order valence-electron chi connectivity index (χ2n) is 7.44. The molecule has 2 heterocycles. The zero-order valence-corrected chi connectivity index (χ0v) is 14.7. The van der Waals surface area contributed by atoms with Crippen LogP contribution in [0.4, 0.5) is 0 Å². The normalized spacial score (nSPS) is 21.3. The molecule has 1 aromatic carbocycles. The van der Waals surface area contributed by atoms with Crippen LogP contribution in [0.2, 0.25) is 0 Å². The van der Waals surface area contributed by atoms with Gasteiger partial charge in [0, 0.05) is 30.7 Å². The van der Waals surface area contributed by atoms with Gasteiger partial charge in [0.15, 0.2) is 0 Å². The van der Waals surface area contributed by atoms with Crippen LogP contribution in [0.3, 0.4) is 0 Å². The van der Waals surface area contributed by atoms with E-state index in [1.165, 1.54) is 5.56 Å². The van der Waals surface area contributed by atoms with Gasteiger partial charge in [-0.2, -0.15) is 0 Å². The zero-order chi connectivity index (χ0) is 15.8. The number of thioether (sulfide) groups is 1. The first-order valence-corrected chi connectivity index (χ1v) is 9.29. The fourth-order valence-electron chi connectivity index (χ4n) is 3.50. The van der Waals surface area contributed by atoms with Crippen molar-refractivity contribution in [3.8, 4) is 0 Å². The summed E-state index contributed by atoms with van der Waals surface area (Å²) in [6, 6.07) is 8.23. The fraction of sp³-hybridized carbons (Fsp3) is 0.611. The van der Waals surface area contributed by atoms with Crippen molar-refractivity contribution in [2.75, 3.05) is 25.4 Å². The van der Waals surface area contributed by atoms with E-state index < -0.39 is 0 Å². The monoisotopic (exact) mass is 319 g/mol. The van der Waals surface area contributed by atoms with Crippen molar-refractivity contribution < 1.29 is 10.1 Å². The molecule has 1 amide bonds. The molecule has 1 aromatic rings. The van der Waals surface area contributed by atoms with Gasteiger partial charge in [0.05, 0.1) is 18.0 Å². The smallest absolute Gasteiger partial charge is 0.255 e. The van der Waals surface area contributed by atoms with Gasteiger partial charge in [-0.1, -0.05) is 32.9 Å². The van der Waals surface area contributed by atoms with Crippen LogP contribution in [0, 0.1) is 0 Å². The first kappa shape index (κ1) is 15.9. The van der Waals surface area contributed by atoms with Gasteiger partial charge in [0.1, 0.15) is 0 Å². The van der Waals surface area contributed by atoms with Gasteiger partial charge in [0.25, 0.3) is 5.91 Å². The Labute approximate surface area is 137 Å². The molecule has 1 spiro atoms. The number of nitrogens with zero attached hydrogens (tertiary/aromatic N) is 1. The van der Waals surface area contributed by atoms with Crippen molar-refractivity contribution in [1.82, 2.24) is 4.90 Å². The van der Waals surface area contributed by atoms with Crippen molar-refractivity contribution in [3.05, 3.63) is 35.4 Å². The van der Waals surface area contributed by atoms with Gasteiger partial charge in [-0.3, -0.25) is 4.79 Å². The molecule has 2 N–H and O–H groups in total. The molecule has 3 rings (SSSR count). The minimum atomic E-state index is 0.0640. The van der Waals surface area contributed by atoms with E-state index in [1.54, 1.807) is 0 Å².